The molecule has 2 aromatic rings. The Kier molecular flexibility index (Phi) is 5.73. The van der Waals surface area contributed by atoms with Crippen molar-refractivity contribution >= 4 is 23.6 Å². The molecule has 1 unspecified atom stereocenters. The van der Waals surface area contributed by atoms with Crippen molar-refractivity contribution in [3.63, 3.8) is 0 Å². The van der Waals surface area contributed by atoms with Gasteiger partial charge in [-0.2, -0.15) is 0 Å². The van der Waals surface area contributed by atoms with Crippen molar-refractivity contribution in [3.8, 4) is 0 Å². The smallest absolute Gasteiger partial charge is 0.334 e. The highest BCUT2D eigenvalue weighted by atomic mass is 32.2. The summed E-state index contributed by atoms with van der Waals surface area (Å²) in [6.07, 6.45) is -0.946. The van der Waals surface area contributed by atoms with Gasteiger partial charge in [0.25, 0.3) is 5.91 Å². The number of amides is 1. The number of carboxylic acids is 1. The number of carboxylic acid groups (broad SMARTS) is 1. The van der Waals surface area contributed by atoms with E-state index in [1.807, 2.05) is 30.3 Å². The molecule has 1 amide bonds. The molecule has 5 nitrogen and oxygen atoms in total. The monoisotopic (exact) mass is 357 g/mol. The third kappa shape index (κ3) is 4.61. The predicted molar refractivity (Wildman–Crippen MR) is 95.7 cm³/mol. The molecule has 2 aromatic carbocycles. The third-order valence-corrected chi connectivity index (χ3v) is 5.06. The highest BCUT2D eigenvalue weighted by Crippen LogP contribution is 2.23. The topological polar surface area (TPSA) is 66.8 Å². The van der Waals surface area contributed by atoms with Crippen LogP contribution >= 0.6 is 11.8 Å². The predicted octanol–water partition coefficient (Wildman–Crippen LogP) is 2.90. The number of morpholine rings is 1. The Labute approximate surface area is 150 Å². The van der Waals surface area contributed by atoms with Crippen LogP contribution in [0.5, 0.6) is 0 Å². The molecule has 0 bridgehead atoms. The summed E-state index contributed by atoms with van der Waals surface area (Å²) in [7, 11) is 0. The molecule has 0 aromatic heterocycles. The minimum atomic E-state index is -1.04. The van der Waals surface area contributed by atoms with Crippen LogP contribution in [0.2, 0.25) is 0 Å². The lowest BCUT2D eigenvalue weighted by atomic mass is 10.1. The van der Waals surface area contributed by atoms with Crippen molar-refractivity contribution < 1.29 is 19.4 Å². The van der Waals surface area contributed by atoms with Crippen LogP contribution < -0.4 is 0 Å². The first-order chi connectivity index (χ1) is 12.1. The lowest BCUT2D eigenvalue weighted by Crippen LogP contribution is -2.48. The summed E-state index contributed by atoms with van der Waals surface area (Å²) >= 11 is 1.71. The number of carbonyl (C=O) groups excluding carboxylic acids is 1. The molecular weight excluding hydrogens is 338 g/mol. The summed E-state index contributed by atoms with van der Waals surface area (Å²) in [6, 6.07) is 17.6. The number of rotatable bonds is 5. The Balaban J connectivity index is 1.59. The van der Waals surface area contributed by atoms with Gasteiger partial charge >= 0.3 is 5.97 Å². The van der Waals surface area contributed by atoms with Gasteiger partial charge in [-0.25, -0.2) is 4.79 Å². The van der Waals surface area contributed by atoms with Crippen molar-refractivity contribution in [2.75, 3.05) is 19.7 Å². The molecule has 25 heavy (non-hydrogen) atoms. The minimum absolute atomic E-state index is 0.0820. The maximum atomic E-state index is 12.5. The van der Waals surface area contributed by atoms with Gasteiger partial charge in [0.1, 0.15) is 0 Å². The zero-order chi connectivity index (χ0) is 17.6. The van der Waals surface area contributed by atoms with Crippen molar-refractivity contribution in [3.05, 3.63) is 65.7 Å². The number of nitrogens with zero attached hydrogens (tertiary/aromatic N) is 1. The van der Waals surface area contributed by atoms with E-state index in [2.05, 4.69) is 12.1 Å². The minimum Gasteiger partial charge on any atom is -0.479 e. The fourth-order valence-electron chi connectivity index (χ4n) is 2.60. The van der Waals surface area contributed by atoms with Gasteiger partial charge in [0.05, 0.1) is 13.2 Å². The van der Waals surface area contributed by atoms with Crippen LogP contribution in [-0.2, 0) is 15.3 Å². The quantitative estimate of drug-likeness (QED) is 0.834. The zero-order valence-corrected chi connectivity index (χ0v) is 14.4. The Morgan fingerprint density at radius 3 is 2.52 bits per heavy atom. The number of carbonyl (C=O) groups is 2. The van der Waals surface area contributed by atoms with Crippen molar-refractivity contribution in [2.24, 2.45) is 0 Å². The van der Waals surface area contributed by atoms with Crippen molar-refractivity contribution in [1.29, 1.82) is 0 Å². The first-order valence-electron chi connectivity index (χ1n) is 8.04. The molecule has 1 heterocycles. The van der Waals surface area contributed by atoms with Crippen LogP contribution in [0.15, 0.2) is 59.5 Å². The average Bonchev–Trinajstić information content (AvgIpc) is 2.67. The van der Waals surface area contributed by atoms with Gasteiger partial charge in [-0.05, 0) is 29.8 Å². The fourth-order valence-corrected chi connectivity index (χ4v) is 3.45. The first kappa shape index (κ1) is 17.5. The second-order valence-electron chi connectivity index (χ2n) is 5.75. The number of benzene rings is 2. The van der Waals surface area contributed by atoms with E-state index >= 15 is 0 Å². The van der Waals surface area contributed by atoms with Gasteiger partial charge in [0.2, 0.25) is 0 Å². The van der Waals surface area contributed by atoms with E-state index in [-0.39, 0.29) is 19.1 Å². The van der Waals surface area contributed by atoms with E-state index in [1.54, 1.807) is 23.9 Å². The Bertz CT molecular complexity index is 733. The van der Waals surface area contributed by atoms with Crippen molar-refractivity contribution in [1.82, 2.24) is 4.90 Å². The summed E-state index contributed by atoms with van der Waals surface area (Å²) in [5.74, 6) is -0.322. The van der Waals surface area contributed by atoms with Gasteiger partial charge in [-0.1, -0.05) is 30.3 Å². The molecule has 6 heteroatoms. The van der Waals surface area contributed by atoms with Crippen LogP contribution in [0.4, 0.5) is 0 Å². The lowest BCUT2D eigenvalue weighted by molar-refractivity contribution is -0.154. The van der Waals surface area contributed by atoms with Gasteiger partial charge in [0, 0.05) is 22.8 Å². The van der Waals surface area contributed by atoms with Crippen molar-refractivity contribution in [2.45, 2.75) is 16.8 Å². The molecule has 1 atom stereocenters. The number of thioether (sulfide) groups is 1. The highest BCUT2D eigenvalue weighted by Gasteiger charge is 2.29. The van der Waals surface area contributed by atoms with Gasteiger partial charge < -0.3 is 14.7 Å². The van der Waals surface area contributed by atoms with E-state index in [9.17, 15) is 9.59 Å². The van der Waals surface area contributed by atoms with E-state index in [0.29, 0.717) is 12.1 Å². The van der Waals surface area contributed by atoms with E-state index < -0.39 is 12.1 Å². The molecule has 0 radical (unpaired) electrons. The number of aliphatic carboxylic acids is 1. The summed E-state index contributed by atoms with van der Waals surface area (Å²) < 4.78 is 5.15. The van der Waals surface area contributed by atoms with E-state index in [4.69, 9.17) is 9.84 Å². The largest absolute Gasteiger partial charge is 0.479 e. The van der Waals surface area contributed by atoms with Crippen LogP contribution in [0, 0.1) is 0 Å². The first-order valence-corrected chi connectivity index (χ1v) is 9.02. The molecule has 0 spiro atoms. The normalized spacial score (nSPS) is 17.3. The van der Waals surface area contributed by atoms with Crippen LogP contribution in [0.3, 0.4) is 0 Å². The molecule has 0 saturated carbocycles. The van der Waals surface area contributed by atoms with Gasteiger partial charge in [0.15, 0.2) is 6.10 Å². The van der Waals surface area contributed by atoms with Gasteiger partial charge in [-0.3, -0.25) is 4.79 Å². The standard InChI is InChI=1S/C19H19NO4S/c21-18(20-10-11-24-17(12-20)19(22)23)15-6-8-16(9-7-15)25-13-14-4-2-1-3-5-14/h1-9,17H,10-13H2,(H,22,23). The number of ether oxygens (including phenoxy) is 1. The number of hydrogen-bond acceptors (Lipinski definition) is 4. The highest BCUT2D eigenvalue weighted by molar-refractivity contribution is 7.98. The zero-order valence-electron chi connectivity index (χ0n) is 13.6. The van der Waals surface area contributed by atoms with Crippen LogP contribution in [-0.4, -0.2) is 47.7 Å². The summed E-state index contributed by atoms with van der Waals surface area (Å²) in [5, 5.41) is 9.03. The maximum Gasteiger partial charge on any atom is 0.334 e. The number of hydrogen-bond donors (Lipinski definition) is 1. The molecule has 3 rings (SSSR count). The third-order valence-electron chi connectivity index (χ3n) is 3.98. The average molecular weight is 357 g/mol. The Morgan fingerprint density at radius 2 is 1.84 bits per heavy atom. The molecule has 1 saturated heterocycles. The molecule has 1 aliphatic heterocycles. The Hall–Kier alpha value is -2.31. The molecular formula is C19H19NO4S. The fraction of sp³-hybridized carbons (Fsp3) is 0.263. The molecule has 130 valence electrons. The lowest BCUT2D eigenvalue weighted by Gasteiger charge is -2.30. The van der Waals surface area contributed by atoms with Crippen LogP contribution in [0.1, 0.15) is 15.9 Å². The molecule has 1 aliphatic rings. The summed E-state index contributed by atoms with van der Waals surface area (Å²) in [6.45, 7) is 0.736. The SMILES string of the molecule is O=C(O)C1CN(C(=O)c2ccc(SCc3ccccc3)cc2)CCO1. The van der Waals surface area contributed by atoms with Crippen LogP contribution in [0.25, 0.3) is 0 Å². The summed E-state index contributed by atoms with van der Waals surface area (Å²) in [4.78, 5) is 26.2. The molecule has 0 aliphatic carbocycles. The van der Waals surface area contributed by atoms with E-state index in [1.165, 1.54) is 10.5 Å². The van der Waals surface area contributed by atoms with Gasteiger partial charge in [-0.15, -0.1) is 11.8 Å². The van der Waals surface area contributed by atoms with E-state index in [0.717, 1.165) is 10.6 Å². The molecule has 1 fully saturated rings. The Morgan fingerprint density at radius 1 is 1.12 bits per heavy atom. The second kappa shape index (κ2) is 8.18. The maximum absolute atomic E-state index is 12.5. The molecule has 1 N–H and O–H groups in total. The second-order valence-corrected chi connectivity index (χ2v) is 6.80. The summed E-state index contributed by atoms with van der Waals surface area (Å²) in [5.41, 5.74) is 1.82.